The highest BCUT2D eigenvalue weighted by atomic mass is 16.8. The molecule has 0 spiro atoms. The van der Waals surface area contributed by atoms with Gasteiger partial charge in [-0.15, -0.1) is 0 Å². The summed E-state index contributed by atoms with van der Waals surface area (Å²) in [7, 11) is 3.34. The van der Waals surface area contributed by atoms with Gasteiger partial charge in [0.15, 0.2) is 5.79 Å². The van der Waals surface area contributed by atoms with Gasteiger partial charge in [0.2, 0.25) is 11.8 Å². The number of hydrogen-bond acceptors (Lipinski definition) is 9. The van der Waals surface area contributed by atoms with E-state index in [1.165, 1.54) is 11.0 Å². The Morgan fingerprint density at radius 3 is 2.28 bits per heavy atom. The first-order chi connectivity index (χ1) is 21.8. The molecule has 2 amide bonds. The molecule has 1 aliphatic heterocycles. The number of hydrogen-bond donors (Lipinski definition) is 2. The molecular formula is C35H46N2O9. The Morgan fingerprint density at radius 2 is 1.72 bits per heavy atom. The van der Waals surface area contributed by atoms with Crippen molar-refractivity contribution in [3.8, 4) is 0 Å². The van der Waals surface area contributed by atoms with E-state index in [2.05, 4.69) is 5.32 Å². The number of rotatable bonds is 12. The zero-order valence-corrected chi connectivity index (χ0v) is 27.3. The third-order valence-electron chi connectivity index (χ3n) is 8.64. The molecular weight excluding hydrogens is 592 g/mol. The number of aliphatic hydroxyl groups is 1. The van der Waals surface area contributed by atoms with Crippen molar-refractivity contribution in [1.82, 2.24) is 10.2 Å². The molecule has 0 radical (unpaired) electrons. The molecule has 4 aliphatic rings. The number of aliphatic hydroxyl groups excluding tert-OH is 1. The van der Waals surface area contributed by atoms with Crippen LogP contribution in [0, 0.1) is 11.8 Å². The van der Waals surface area contributed by atoms with Crippen LogP contribution < -0.4 is 5.32 Å². The van der Waals surface area contributed by atoms with Crippen LogP contribution in [0.3, 0.4) is 0 Å². The third-order valence-corrected chi connectivity index (χ3v) is 8.64. The average molecular weight is 639 g/mol. The van der Waals surface area contributed by atoms with E-state index in [1.807, 2.05) is 0 Å². The Labute approximate surface area is 270 Å². The van der Waals surface area contributed by atoms with Crippen molar-refractivity contribution in [2.24, 2.45) is 11.8 Å². The van der Waals surface area contributed by atoms with Gasteiger partial charge in [-0.25, -0.2) is 4.79 Å². The van der Waals surface area contributed by atoms with Crippen LogP contribution >= 0.6 is 0 Å². The summed E-state index contributed by atoms with van der Waals surface area (Å²) in [4.78, 5) is 52.4. The molecule has 1 aromatic carbocycles. The minimum atomic E-state index is -0.783. The van der Waals surface area contributed by atoms with Crippen molar-refractivity contribution < 1.29 is 43.2 Å². The lowest BCUT2D eigenvalue weighted by Gasteiger charge is -2.31. The van der Waals surface area contributed by atoms with Gasteiger partial charge in [-0.3, -0.25) is 14.4 Å². The molecule has 4 atom stereocenters. The Kier molecular flexibility index (Phi) is 10.0. The summed E-state index contributed by atoms with van der Waals surface area (Å²) < 4.78 is 24.7. The first-order valence-corrected chi connectivity index (χ1v) is 16.2. The topological polar surface area (TPSA) is 141 Å². The van der Waals surface area contributed by atoms with Crippen LogP contribution in [-0.4, -0.2) is 90.2 Å². The highest BCUT2D eigenvalue weighted by Gasteiger charge is 2.64. The summed E-state index contributed by atoms with van der Waals surface area (Å²) in [5.74, 6) is -1.73. The van der Waals surface area contributed by atoms with Gasteiger partial charge < -0.3 is 34.3 Å². The van der Waals surface area contributed by atoms with E-state index >= 15 is 0 Å². The smallest absolute Gasteiger partial charge is 0.338 e. The van der Waals surface area contributed by atoms with Crippen molar-refractivity contribution in [2.45, 2.75) is 101 Å². The lowest BCUT2D eigenvalue weighted by atomic mass is 9.91. The summed E-state index contributed by atoms with van der Waals surface area (Å²) in [5.41, 5.74) is 0.815. The predicted molar refractivity (Wildman–Crippen MR) is 168 cm³/mol. The summed E-state index contributed by atoms with van der Waals surface area (Å²) in [6.45, 7) is 4.98. The number of esters is 2. The first-order valence-electron chi connectivity index (χ1n) is 16.2. The van der Waals surface area contributed by atoms with Crippen LogP contribution in [-0.2, 0) is 33.3 Å². The number of carbonyl (C=O) groups excluding carboxylic acids is 4. The minimum absolute atomic E-state index is 0.0373. The van der Waals surface area contributed by atoms with Crippen molar-refractivity contribution in [3.63, 3.8) is 0 Å². The lowest BCUT2D eigenvalue weighted by Crippen LogP contribution is -2.45. The zero-order valence-electron chi connectivity index (χ0n) is 27.3. The third kappa shape index (κ3) is 8.24. The molecule has 5 rings (SSSR count). The minimum Gasteiger partial charge on any atom is -0.460 e. The van der Waals surface area contributed by atoms with Crippen molar-refractivity contribution >= 4 is 29.8 Å². The molecule has 46 heavy (non-hydrogen) atoms. The van der Waals surface area contributed by atoms with Gasteiger partial charge in [-0.05, 0) is 82.7 Å². The van der Waals surface area contributed by atoms with Crippen molar-refractivity contribution in [3.05, 3.63) is 53.1 Å². The number of ether oxygens (including phenoxy) is 4. The molecule has 1 aromatic rings. The Bertz CT molecular complexity index is 1360. The van der Waals surface area contributed by atoms with E-state index in [0.29, 0.717) is 11.1 Å². The van der Waals surface area contributed by atoms with E-state index in [1.54, 1.807) is 71.3 Å². The lowest BCUT2D eigenvalue weighted by molar-refractivity contribution is -0.209. The highest BCUT2D eigenvalue weighted by molar-refractivity contribution is 5.95. The maximum atomic E-state index is 13.5. The van der Waals surface area contributed by atoms with Crippen molar-refractivity contribution in [1.29, 1.82) is 0 Å². The highest BCUT2D eigenvalue weighted by Crippen LogP contribution is 2.59. The average Bonchev–Trinajstić information content (AvgIpc) is 3.94. The summed E-state index contributed by atoms with van der Waals surface area (Å²) in [6, 6.07) is 6.05. The van der Waals surface area contributed by atoms with Gasteiger partial charge in [0.1, 0.15) is 23.9 Å². The molecule has 3 fully saturated rings. The molecule has 3 aliphatic carbocycles. The van der Waals surface area contributed by atoms with Gasteiger partial charge in [0, 0.05) is 50.4 Å². The van der Waals surface area contributed by atoms with Gasteiger partial charge >= 0.3 is 11.9 Å². The Hall–Kier alpha value is -3.54. The maximum Gasteiger partial charge on any atom is 0.338 e. The SMILES string of the molecule is CN(C)C(=O)C=Cc1ccc(C(=O)OC2CC(C(=O)NC(CO)CCC(=O)OC(C)(C)C)=CC3OC(C4CC4)(C4CC4)OC32)cc1. The summed E-state index contributed by atoms with van der Waals surface area (Å²) >= 11 is 0. The van der Waals surface area contributed by atoms with E-state index in [-0.39, 0.29) is 43.6 Å². The largest absolute Gasteiger partial charge is 0.460 e. The molecule has 2 N–H and O–H groups in total. The van der Waals surface area contributed by atoms with Gasteiger partial charge in [-0.2, -0.15) is 0 Å². The standard InChI is InChI=1S/C35H46N2O9/c1-34(2,3)45-30(40)17-15-26(20-38)36-32(41)23-18-27(31-28(19-23)44-35(46-31,24-11-12-24)25-13-14-25)43-33(42)22-9-6-21(7-10-22)8-16-29(39)37(4)5/h6-10,16,19,24-28,31,38H,11-15,17-18,20H2,1-5H3,(H,36,41). The van der Waals surface area contributed by atoms with E-state index < -0.39 is 53.6 Å². The molecule has 11 heteroatoms. The fraction of sp³-hybridized carbons (Fsp3) is 0.600. The van der Waals surface area contributed by atoms with Crippen molar-refractivity contribution in [2.75, 3.05) is 20.7 Å². The Balaban J connectivity index is 1.29. The molecule has 2 saturated carbocycles. The van der Waals surface area contributed by atoms with E-state index in [9.17, 15) is 24.3 Å². The number of fused-ring (bicyclic) bond motifs is 1. The summed E-state index contributed by atoms with van der Waals surface area (Å²) in [5, 5.41) is 12.8. The Morgan fingerprint density at radius 1 is 1.07 bits per heavy atom. The van der Waals surface area contributed by atoms with Gasteiger partial charge in [0.05, 0.1) is 18.2 Å². The van der Waals surface area contributed by atoms with Crippen LogP contribution in [0.5, 0.6) is 0 Å². The number of nitrogens with zero attached hydrogens (tertiary/aromatic N) is 1. The molecule has 0 bridgehead atoms. The zero-order chi connectivity index (χ0) is 33.2. The molecule has 1 saturated heterocycles. The second-order valence-electron chi connectivity index (χ2n) is 13.9. The number of carbonyl (C=O) groups is 4. The predicted octanol–water partition coefficient (Wildman–Crippen LogP) is 3.54. The molecule has 0 aromatic heterocycles. The number of amides is 2. The maximum absolute atomic E-state index is 13.5. The molecule has 4 unspecified atom stereocenters. The molecule has 1 heterocycles. The normalized spacial score (nSPS) is 24.5. The second-order valence-corrected chi connectivity index (χ2v) is 13.9. The van der Waals surface area contributed by atoms with E-state index in [4.69, 9.17) is 18.9 Å². The second kappa shape index (κ2) is 13.7. The first kappa shape index (κ1) is 33.8. The quantitative estimate of drug-likeness (QED) is 0.260. The van der Waals surface area contributed by atoms with Crippen LogP contribution in [0.15, 0.2) is 42.0 Å². The monoisotopic (exact) mass is 638 g/mol. The molecule has 11 nitrogen and oxygen atoms in total. The van der Waals surface area contributed by atoms with Gasteiger partial charge in [-0.1, -0.05) is 12.1 Å². The van der Waals surface area contributed by atoms with Gasteiger partial charge in [0.25, 0.3) is 0 Å². The number of likely N-dealkylation sites (N-methyl/N-ethyl adjacent to an activating group) is 1. The van der Waals surface area contributed by atoms with Crippen LogP contribution in [0.1, 0.15) is 81.6 Å². The van der Waals surface area contributed by atoms with E-state index in [0.717, 1.165) is 31.2 Å². The molecule has 250 valence electrons. The fourth-order valence-electron chi connectivity index (χ4n) is 5.99. The van der Waals surface area contributed by atoms with Crippen LogP contribution in [0.4, 0.5) is 0 Å². The number of nitrogens with one attached hydrogen (secondary N) is 1. The number of benzene rings is 1. The van der Waals surface area contributed by atoms with Crippen LogP contribution in [0.2, 0.25) is 0 Å². The summed E-state index contributed by atoms with van der Waals surface area (Å²) in [6.07, 6.45) is 7.33. The van der Waals surface area contributed by atoms with Crippen LogP contribution in [0.25, 0.3) is 6.08 Å². The fourth-order valence-corrected chi connectivity index (χ4v) is 5.99.